The lowest BCUT2D eigenvalue weighted by Crippen LogP contribution is -1.97. The Hall–Kier alpha value is -2.43. The van der Waals surface area contributed by atoms with E-state index in [-0.39, 0.29) is 0 Å². The van der Waals surface area contributed by atoms with Gasteiger partial charge < -0.3 is 20.5 Å². The second-order valence-electron chi connectivity index (χ2n) is 3.97. The molecule has 5 heteroatoms. The summed E-state index contributed by atoms with van der Waals surface area (Å²) in [6, 6.07) is 9.71. The molecule has 2 aromatic rings. The smallest absolute Gasteiger partial charge is 0.148 e. The number of hydrogen-bond donors (Lipinski definition) is 2. The molecule has 19 heavy (non-hydrogen) atoms. The number of halogens is 1. The van der Waals surface area contributed by atoms with Crippen molar-refractivity contribution in [1.82, 2.24) is 0 Å². The van der Waals surface area contributed by atoms with Crippen LogP contribution in [-0.2, 0) is 0 Å². The van der Waals surface area contributed by atoms with E-state index in [0.29, 0.717) is 28.6 Å². The third-order valence-electron chi connectivity index (χ3n) is 2.62. The Morgan fingerprint density at radius 1 is 1.00 bits per heavy atom. The van der Waals surface area contributed by atoms with Crippen molar-refractivity contribution in [2.45, 2.75) is 0 Å². The number of benzene rings is 2. The Labute approximate surface area is 111 Å². The highest BCUT2D eigenvalue weighted by Crippen LogP contribution is 2.29. The van der Waals surface area contributed by atoms with Crippen LogP contribution in [0.2, 0.25) is 0 Å². The zero-order valence-corrected chi connectivity index (χ0v) is 10.7. The summed E-state index contributed by atoms with van der Waals surface area (Å²) in [5.41, 5.74) is 6.89. The monoisotopic (exact) mass is 262 g/mol. The van der Waals surface area contributed by atoms with Crippen LogP contribution in [0.1, 0.15) is 0 Å². The number of ether oxygens (including phenoxy) is 2. The van der Waals surface area contributed by atoms with Crippen molar-refractivity contribution in [1.29, 1.82) is 0 Å². The molecule has 0 aliphatic carbocycles. The molecular weight excluding hydrogens is 247 g/mol. The highest BCUT2D eigenvalue weighted by molar-refractivity contribution is 5.65. The largest absolute Gasteiger partial charge is 0.497 e. The topological polar surface area (TPSA) is 56.5 Å². The van der Waals surface area contributed by atoms with Crippen LogP contribution in [0, 0.1) is 5.82 Å². The quantitative estimate of drug-likeness (QED) is 0.831. The molecule has 0 radical (unpaired) electrons. The molecule has 2 aromatic carbocycles. The minimum Gasteiger partial charge on any atom is -0.497 e. The van der Waals surface area contributed by atoms with Gasteiger partial charge in [0.1, 0.15) is 17.3 Å². The first-order valence-corrected chi connectivity index (χ1v) is 5.67. The van der Waals surface area contributed by atoms with Crippen LogP contribution < -0.4 is 20.5 Å². The van der Waals surface area contributed by atoms with E-state index >= 15 is 0 Å². The molecule has 0 unspecified atom stereocenters. The summed E-state index contributed by atoms with van der Waals surface area (Å²) in [6.07, 6.45) is 0. The lowest BCUT2D eigenvalue weighted by atomic mass is 10.2. The zero-order chi connectivity index (χ0) is 13.8. The van der Waals surface area contributed by atoms with E-state index in [2.05, 4.69) is 5.32 Å². The van der Waals surface area contributed by atoms with Gasteiger partial charge in [0.25, 0.3) is 0 Å². The molecule has 2 rings (SSSR count). The van der Waals surface area contributed by atoms with E-state index < -0.39 is 5.82 Å². The molecule has 0 saturated carbocycles. The molecule has 0 fully saturated rings. The van der Waals surface area contributed by atoms with E-state index in [4.69, 9.17) is 15.2 Å². The fourth-order valence-corrected chi connectivity index (χ4v) is 1.67. The number of nitrogens with one attached hydrogen (secondary N) is 1. The molecule has 0 saturated heterocycles. The van der Waals surface area contributed by atoms with Crippen LogP contribution in [0.25, 0.3) is 0 Å². The van der Waals surface area contributed by atoms with E-state index in [0.717, 1.165) is 0 Å². The summed E-state index contributed by atoms with van der Waals surface area (Å²) in [4.78, 5) is 0. The van der Waals surface area contributed by atoms with Gasteiger partial charge in [0.2, 0.25) is 0 Å². The number of rotatable bonds is 4. The first-order chi connectivity index (χ1) is 9.12. The molecule has 0 atom stereocenters. The third-order valence-corrected chi connectivity index (χ3v) is 2.62. The highest BCUT2D eigenvalue weighted by Gasteiger charge is 2.06. The molecule has 0 aliphatic rings. The molecule has 4 nitrogen and oxygen atoms in total. The van der Waals surface area contributed by atoms with Gasteiger partial charge in [-0.3, -0.25) is 0 Å². The van der Waals surface area contributed by atoms with Crippen molar-refractivity contribution in [3.05, 3.63) is 42.2 Å². The van der Waals surface area contributed by atoms with Crippen molar-refractivity contribution >= 4 is 17.1 Å². The van der Waals surface area contributed by atoms with Crippen molar-refractivity contribution in [2.75, 3.05) is 25.3 Å². The third kappa shape index (κ3) is 3.07. The Morgan fingerprint density at radius 2 is 1.63 bits per heavy atom. The molecular formula is C14H15FN2O2. The Bertz CT molecular complexity index is 565. The van der Waals surface area contributed by atoms with Crippen LogP contribution in [-0.4, -0.2) is 14.2 Å². The van der Waals surface area contributed by atoms with Gasteiger partial charge in [0.15, 0.2) is 0 Å². The van der Waals surface area contributed by atoms with E-state index in [1.165, 1.54) is 6.07 Å². The Morgan fingerprint density at radius 3 is 2.16 bits per heavy atom. The maximum atomic E-state index is 13.7. The Balaban J connectivity index is 2.31. The van der Waals surface area contributed by atoms with Gasteiger partial charge >= 0.3 is 0 Å². The minimum atomic E-state index is -0.415. The normalized spacial score (nSPS) is 10.1. The van der Waals surface area contributed by atoms with E-state index in [1.54, 1.807) is 44.6 Å². The maximum absolute atomic E-state index is 13.7. The zero-order valence-electron chi connectivity index (χ0n) is 10.7. The average molecular weight is 262 g/mol. The van der Waals surface area contributed by atoms with Gasteiger partial charge in [-0.05, 0) is 18.2 Å². The van der Waals surface area contributed by atoms with Crippen molar-refractivity contribution in [2.24, 2.45) is 0 Å². The molecule has 3 N–H and O–H groups in total. The molecule has 0 heterocycles. The second-order valence-corrected chi connectivity index (χ2v) is 3.97. The number of methoxy groups -OCH3 is 2. The minimum absolute atomic E-state index is 0.338. The molecule has 100 valence electrons. The van der Waals surface area contributed by atoms with Crippen LogP contribution in [0.15, 0.2) is 36.4 Å². The van der Waals surface area contributed by atoms with Gasteiger partial charge in [0, 0.05) is 29.6 Å². The molecule has 0 aromatic heterocycles. The predicted octanol–water partition coefficient (Wildman–Crippen LogP) is 3.17. The first kappa shape index (κ1) is 13.0. The maximum Gasteiger partial charge on any atom is 0.148 e. The van der Waals surface area contributed by atoms with Crippen molar-refractivity contribution in [3.8, 4) is 11.5 Å². The highest BCUT2D eigenvalue weighted by atomic mass is 19.1. The molecule has 0 aliphatic heterocycles. The summed E-state index contributed by atoms with van der Waals surface area (Å²) in [5, 5.41) is 2.96. The average Bonchev–Trinajstić information content (AvgIpc) is 2.41. The van der Waals surface area contributed by atoms with E-state index in [1.807, 2.05) is 0 Å². The van der Waals surface area contributed by atoms with Crippen LogP contribution >= 0.6 is 0 Å². The van der Waals surface area contributed by atoms with Gasteiger partial charge in [-0.15, -0.1) is 0 Å². The second kappa shape index (κ2) is 5.48. The SMILES string of the molecule is COc1cc(Nc2ccc(N)cc2F)cc(OC)c1. The fraction of sp³-hybridized carbons (Fsp3) is 0.143. The van der Waals surface area contributed by atoms with E-state index in [9.17, 15) is 4.39 Å². The molecule has 0 spiro atoms. The lowest BCUT2D eigenvalue weighted by molar-refractivity contribution is 0.395. The van der Waals surface area contributed by atoms with Gasteiger partial charge in [-0.1, -0.05) is 0 Å². The number of hydrogen-bond acceptors (Lipinski definition) is 4. The van der Waals surface area contributed by atoms with Gasteiger partial charge in [0.05, 0.1) is 19.9 Å². The van der Waals surface area contributed by atoms with Crippen molar-refractivity contribution < 1.29 is 13.9 Å². The molecule has 0 bridgehead atoms. The standard InChI is InChI=1S/C14H15FN2O2/c1-18-11-6-10(7-12(8-11)19-2)17-14-4-3-9(16)5-13(14)15/h3-8,17H,16H2,1-2H3. The summed E-state index contributed by atoms with van der Waals surface area (Å²) in [5.74, 6) is 0.831. The summed E-state index contributed by atoms with van der Waals surface area (Å²) in [7, 11) is 3.12. The molecule has 0 amide bonds. The van der Waals surface area contributed by atoms with Crippen LogP contribution in [0.3, 0.4) is 0 Å². The lowest BCUT2D eigenvalue weighted by Gasteiger charge is -2.11. The van der Waals surface area contributed by atoms with Crippen LogP contribution in [0.5, 0.6) is 11.5 Å². The number of anilines is 3. The summed E-state index contributed by atoms with van der Waals surface area (Å²) >= 11 is 0. The fourth-order valence-electron chi connectivity index (χ4n) is 1.67. The van der Waals surface area contributed by atoms with Crippen molar-refractivity contribution in [3.63, 3.8) is 0 Å². The van der Waals surface area contributed by atoms with Gasteiger partial charge in [-0.25, -0.2) is 4.39 Å². The summed E-state index contributed by atoms with van der Waals surface area (Å²) in [6.45, 7) is 0. The summed E-state index contributed by atoms with van der Waals surface area (Å²) < 4.78 is 24.0. The first-order valence-electron chi connectivity index (χ1n) is 5.67. The predicted molar refractivity (Wildman–Crippen MR) is 73.6 cm³/mol. The van der Waals surface area contributed by atoms with Gasteiger partial charge in [-0.2, -0.15) is 0 Å². The van der Waals surface area contributed by atoms with Crippen LogP contribution in [0.4, 0.5) is 21.5 Å². The number of nitrogens with two attached hydrogens (primary N) is 1. The Kier molecular flexibility index (Phi) is 3.75. The number of nitrogen functional groups attached to an aromatic ring is 1.